The minimum absolute atomic E-state index is 0.0445. The molecule has 1 N–H and O–H groups in total. The lowest BCUT2D eigenvalue weighted by molar-refractivity contribution is -0.116. The summed E-state index contributed by atoms with van der Waals surface area (Å²) in [4.78, 5) is 42.7. The molecule has 0 aliphatic carbocycles. The van der Waals surface area contributed by atoms with E-state index in [0.717, 1.165) is 33.7 Å². The van der Waals surface area contributed by atoms with E-state index in [4.69, 9.17) is 4.74 Å². The van der Waals surface area contributed by atoms with Crippen LogP contribution in [0, 0.1) is 26.7 Å². The second-order valence-corrected chi connectivity index (χ2v) is 10.1. The lowest BCUT2D eigenvalue weighted by Gasteiger charge is -2.12. The highest BCUT2D eigenvalue weighted by Gasteiger charge is 2.20. The van der Waals surface area contributed by atoms with E-state index in [-0.39, 0.29) is 30.3 Å². The summed E-state index contributed by atoms with van der Waals surface area (Å²) in [7, 11) is 0. The van der Waals surface area contributed by atoms with E-state index in [0.29, 0.717) is 28.0 Å². The van der Waals surface area contributed by atoms with Gasteiger partial charge in [0.25, 0.3) is 5.56 Å². The van der Waals surface area contributed by atoms with Crippen LogP contribution < -0.4 is 10.9 Å². The van der Waals surface area contributed by atoms with Gasteiger partial charge in [-0.3, -0.25) is 14.2 Å². The Labute approximate surface area is 212 Å². The maximum absolute atomic E-state index is 13.0. The molecule has 36 heavy (non-hydrogen) atoms. The number of benzene rings is 1. The highest BCUT2D eigenvalue weighted by Crippen LogP contribution is 2.25. The van der Waals surface area contributed by atoms with Crippen molar-refractivity contribution in [2.75, 3.05) is 11.9 Å². The molecule has 0 atom stereocenters. The van der Waals surface area contributed by atoms with Crippen molar-refractivity contribution >= 4 is 39.4 Å². The number of carbonyl (C=O) groups excluding carboxylic acids is 2. The standard InChI is InChI=1S/C26H29N5O4S/c1-15(2)14-35-25(34)23-18(5)27-26(36-23)28-20(32)11-12-30-21(33)13-16(3)22-17(4)29-31(24(22)30)19-9-7-6-8-10-19/h6-10,13,15H,11-12,14H2,1-5H3,(H,27,28,32). The topological polar surface area (TPSA) is 108 Å². The number of amides is 1. The lowest BCUT2D eigenvalue weighted by Crippen LogP contribution is -2.25. The fourth-order valence-electron chi connectivity index (χ4n) is 3.97. The Morgan fingerprint density at radius 3 is 2.53 bits per heavy atom. The molecule has 1 aromatic carbocycles. The Kier molecular flexibility index (Phi) is 7.35. The second-order valence-electron chi connectivity index (χ2n) is 9.07. The minimum Gasteiger partial charge on any atom is -0.461 e. The van der Waals surface area contributed by atoms with Crippen LogP contribution in [0.4, 0.5) is 5.13 Å². The van der Waals surface area contributed by atoms with Crippen LogP contribution in [0.15, 0.2) is 41.2 Å². The van der Waals surface area contributed by atoms with E-state index >= 15 is 0 Å². The Morgan fingerprint density at radius 1 is 1.11 bits per heavy atom. The van der Waals surface area contributed by atoms with Gasteiger partial charge in [-0.25, -0.2) is 14.5 Å². The molecule has 0 bridgehead atoms. The van der Waals surface area contributed by atoms with Gasteiger partial charge in [-0.2, -0.15) is 5.10 Å². The number of anilines is 1. The van der Waals surface area contributed by atoms with Crippen molar-refractivity contribution < 1.29 is 14.3 Å². The fraction of sp³-hybridized carbons (Fsp3) is 0.346. The van der Waals surface area contributed by atoms with Crippen LogP contribution in [0.3, 0.4) is 0 Å². The van der Waals surface area contributed by atoms with Gasteiger partial charge >= 0.3 is 5.97 Å². The zero-order valence-electron chi connectivity index (χ0n) is 21.0. The number of ether oxygens (including phenoxy) is 1. The highest BCUT2D eigenvalue weighted by atomic mass is 32.1. The molecular formula is C26H29N5O4S. The molecule has 0 saturated carbocycles. The van der Waals surface area contributed by atoms with Gasteiger partial charge in [-0.05, 0) is 44.4 Å². The summed E-state index contributed by atoms with van der Waals surface area (Å²) in [5.41, 5.74) is 3.42. The molecule has 1 amide bonds. The first-order valence-corrected chi connectivity index (χ1v) is 12.6. The average molecular weight is 508 g/mol. The summed E-state index contributed by atoms with van der Waals surface area (Å²) in [5, 5.41) is 8.63. The molecule has 188 valence electrons. The van der Waals surface area contributed by atoms with Crippen molar-refractivity contribution in [2.24, 2.45) is 5.92 Å². The van der Waals surface area contributed by atoms with Crippen LogP contribution in [0.2, 0.25) is 0 Å². The number of aromatic nitrogens is 4. The first-order valence-electron chi connectivity index (χ1n) is 11.7. The summed E-state index contributed by atoms with van der Waals surface area (Å²) >= 11 is 1.08. The van der Waals surface area contributed by atoms with Crippen molar-refractivity contribution in [2.45, 2.75) is 47.6 Å². The van der Waals surface area contributed by atoms with Gasteiger partial charge in [-0.15, -0.1) is 0 Å². The van der Waals surface area contributed by atoms with Gasteiger partial charge in [0.15, 0.2) is 5.13 Å². The van der Waals surface area contributed by atoms with Crippen LogP contribution in [-0.4, -0.2) is 37.8 Å². The molecule has 0 fully saturated rings. The number of nitrogens with zero attached hydrogens (tertiary/aromatic N) is 4. The first-order chi connectivity index (χ1) is 17.2. The number of rotatable bonds is 8. The molecule has 0 aliphatic rings. The predicted octanol–water partition coefficient (Wildman–Crippen LogP) is 4.41. The zero-order valence-corrected chi connectivity index (χ0v) is 21.8. The molecule has 9 nitrogen and oxygen atoms in total. The van der Waals surface area contributed by atoms with Gasteiger partial charge in [-0.1, -0.05) is 43.4 Å². The second kappa shape index (κ2) is 10.4. The Hall–Kier alpha value is -3.79. The summed E-state index contributed by atoms with van der Waals surface area (Å²) < 4.78 is 8.61. The van der Waals surface area contributed by atoms with Gasteiger partial charge in [0.1, 0.15) is 10.5 Å². The Balaban J connectivity index is 1.55. The maximum Gasteiger partial charge on any atom is 0.350 e. The summed E-state index contributed by atoms with van der Waals surface area (Å²) in [6, 6.07) is 11.2. The van der Waals surface area contributed by atoms with E-state index in [9.17, 15) is 14.4 Å². The summed E-state index contributed by atoms with van der Waals surface area (Å²) in [5.74, 6) is -0.536. The molecule has 0 spiro atoms. The van der Waals surface area contributed by atoms with E-state index in [2.05, 4.69) is 15.4 Å². The maximum atomic E-state index is 13.0. The third-order valence-corrected chi connectivity index (χ3v) is 6.68. The monoisotopic (exact) mass is 507 g/mol. The predicted molar refractivity (Wildman–Crippen MR) is 140 cm³/mol. The number of hydrogen-bond acceptors (Lipinski definition) is 7. The normalized spacial score (nSPS) is 11.3. The molecule has 3 heterocycles. The molecule has 0 unspecified atom stereocenters. The van der Waals surface area contributed by atoms with Gasteiger partial charge in [0.2, 0.25) is 5.91 Å². The smallest absolute Gasteiger partial charge is 0.350 e. The number of hydrogen-bond donors (Lipinski definition) is 1. The van der Waals surface area contributed by atoms with Crippen molar-refractivity contribution in [3.63, 3.8) is 0 Å². The van der Waals surface area contributed by atoms with Gasteiger partial charge in [0, 0.05) is 24.4 Å². The van der Waals surface area contributed by atoms with E-state index in [1.807, 2.05) is 58.0 Å². The summed E-state index contributed by atoms with van der Waals surface area (Å²) in [6.45, 7) is 9.89. The number of thiazole rings is 1. The molecule has 0 aliphatic heterocycles. The molecule has 4 aromatic rings. The number of esters is 1. The largest absolute Gasteiger partial charge is 0.461 e. The number of nitrogens with one attached hydrogen (secondary N) is 1. The average Bonchev–Trinajstić information content (AvgIpc) is 3.37. The molecule has 10 heteroatoms. The molecule has 0 saturated heterocycles. The third-order valence-electron chi connectivity index (χ3n) is 5.63. The third kappa shape index (κ3) is 5.23. The van der Waals surface area contributed by atoms with E-state index in [1.54, 1.807) is 22.2 Å². The Bertz CT molecular complexity index is 1480. The van der Waals surface area contributed by atoms with Crippen LogP contribution in [0.1, 0.15) is 46.9 Å². The van der Waals surface area contributed by atoms with Crippen LogP contribution in [-0.2, 0) is 16.1 Å². The van der Waals surface area contributed by atoms with Crippen LogP contribution in [0.5, 0.6) is 0 Å². The summed E-state index contributed by atoms with van der Waals surface area (Å²) in [6.07, 6.45) is 0.0445. The number of carbonyl (C=O) groups is 2. The van der Waals surface area contributed by atoms with E-state index < -0.39 is 5.97 Å². The van der Waals surface area contributed by atoms with Crippen molar-refractivity contribution in [3.8, 4) is 5.69 Å². The quantitative estimate of drug-likeness (QED) is 0.354. The number of fused-ring (bicyclic) bond motifs is 1. The zero-order chi connectivity index (χ0) is 26.0. The molecule has 3 aromatic heterocycles. The Morgan fingerprint density at radius 2 is 1.83 bits per heavy atom. The van der Waals surface area contributed by atoms with Crippen molar-refractivity contribution in [1.29, 1.82) is 0 Å². The number of aryl methyl sites for hydroxylation is 4. The van der Waals surface area contributed by atoms with Gasteiger partial charge < -0.3 is 10.1 Å². The van der Waals surface area contributed by atoms with Crippen molar-refractivity contribution in [3.05, 3.63) is 68.6 Å². The molecule has 0 radical (unpaired) electrons. The molecule has 4 rings (SSSR count). The van der Waals surface area contributed by atoms with Crippen molar-refractivity contribution in [1.82, 2.24) is 19.3 Å². The molecular weight excluding hydrogens is 478 g/mol. The SMILES string of the molecule is Cc1nc(NC(=O)CCn2c(=O)cc(C)c3c(C)nn(-c4ccccc4)c32)sc1C(=O)OCC(C)C. The highest BCUT2D eigenvalue weighted by molar-refractivity contribution is 7.17. The number of para-hydroxylation sites is 1. The lowest BCUT2D eigenvalue weighted by atomic mass is 10.1. The first kappa shape index (κ1) is 25.3. The minimum atomic E-state index is -0.447. The number of pyridine rings is 1. The fourth-order valence-corrected chi connectivity index (χ4v) is 4.85. The van der Waals surface area contributed by atoms with E-state index in [1.165, 1.54) is 0 Å². The van der Waals surface area contributed by atoms with Crippen LogP contribution >= 0.6 is 11.3 Å². The van der Waals surface area contributed by atoms with Crippen LogP contribution in [0.25, 0.3) is 16.7 Å². The van der Waals surface area contributed by atoms with Gasteiger partial charge in [0.05, 0.1) is 23.7 Å².